The molecule has 0 amide bonds. The van der Waals surface area contributed by atoms with Crippen LogP contribution in [-0.4, -0.2) is 26.3 Å². The van der Waals surface area contributed by atoms with E-state index in [0.29, 0.717) is 17.9 Å². The van der Waals surface area contributed by atoms with Crippen molar-refractivity contribution in [2.24, 2.45) is 5.73 Å². The van der Waals surface area contributed by atoms with Crippen molar-refractivity contribution < 1.29 is 8.42 Å². The zero-order valence-electron chi connectivity index (χ0n) is 11.0. The van der Waals surface area contributed by atoms with E-state index < -0.39 is 15.1 Å². The first-order valence-corrected chi connectivity index (χ1v) is 7.74. The Morgan fingerprint density at radius 1 is 1.33 bits per heavy atom. The van der Waals surface area contributed by atoms with E-state index in [-0.39, 0.29) is 6.04 Å². The van der Waals surface area contributed by atoms with Crippen LogP contribution in [-0.2, 0) is 9.84 Å². The molecule has 0 fully saturated rings. The molecule has 5 heteroatoms. The Balaban J connectivity index is 2.63. The second kappa shape index (κ2) is 4.55. The highest BCUT2D eigenvalue weighted by Gasteiger charge is 2.38. The van der Waals surface area contributed by atoms with Gasteiger partial charge < -0.3 is 11.1 Å². The highest BCUT2D eigenvalue weighted by atomic mass is 32.2. The molecule has 18 heavy (non-hydrogen) atoms. The van der Waals surface area contributed by atoms with Gasteiger partial charge in [0.1, 0.15) is 0 Å². The number of sulfone groups is 1. The smallest absolute Gasteiger partial charge is 0.185 e. The second-order valence-electron chi connectivity index (χ2n) is 5.05. The summed E-state index contributed by atoms with van der Waals surface area (Å²) in [6.07, 6.45) is 0.489. The monoisotopic (exact) mass is 268 g/mol. The fraction of sp³-hybridized carbons (Fsp3) is 0.538. The van der Waals surface area contributed by atoms with Crippen molar-refractivity contribution in [3.05, 3.63) is 23.3 Å². The van der Waals surface area contributed by atoms with Crippen molar-refractivity contribution in [1.29, 1.82) is 0 Å². The minimum Gasteiger partial charge on any atom is -0.380 e. The van der Waals surface area contributed by atoms with Gasteiger partial charge in [-0.2, -0.15) is 0 Å². The molecule has 3 N–H and O–H groups in total. The first kappa shape index (κ1) is 13.4. The lowest BCUT2D eigenvalue weighted by atomic mass is 10.1. The van der Waals surface area contributed by atoms with Crippen LogP contribution < -0.4 is 11.1 Å². The molecular formula is C13H20N2O2S. The van der Waals surface area contributed by atoms with Gasteiger partial charge in [0, 0.05) is 6.04 Å². The SMILES string of the molecule is Cc1cc(C)c2c(c1)S(=O)(=O)C(CCN)C(C)N2. The lowest BCUT2D eigenvalue weighted by Crippen LogP contribution is -2.43. The van der Waals surface area contributed by atoms with Crippen LogP contribution in [0.3, 0.4) is 0 Å². The summed E-state index contributed by atoms with van der Waals surface area (Å²) in [5.41, 5.74) is 8.23. The molecule has 0 aromatic heterocycles. The third-order valence-electron chi connectivity index (χ3n) is 3.53. The van der Waals surface area contributed by atoms with Crippen LogP contribution in [0.2, 0.25) is 0 Å². The molecule has 1 heterocycles. The predicted molar refractivity (Wildman–Crippen MR) is 73.6 cm³/mol. The van der Waals surface area contributed by atoms with Gasteiger partial charge in [0.25, 0.3) is 0 Å². The molecular weight excluding hydrogens is 248 g/mol. The molecule has 2 unspecified atom stereocenters. The lowest BCUT2D eigenvalue weighted by molar-refractivity contribution is 0.548. The highest BCUT2D eigenvalue weighted by molar-refractivity contribution is 7.92. The van der Waals surface area contributed by atoms with Gasteiger partial charge in [-0.3, -0.25) is 0 Å². The zero-order valence-corrected chi connectivity index (χ0v) is 11.8. The summed E-state index contributed by atoms with van der Waals surface area (Å²) >= 11 is 0. The van der Waals surface area contributed by atoms with Crippen LogP contribution in [0.1, 0.15) is 24.5 Å². The normalized spacial score (nSPS) is 25.3. The number of hydrogen-bond donors (Lipinski definition) is 2. The van der Waals surface area contributed by atoms with Crippen LogP contribution in [0.25, 0.3) is 0 Å². The maximum Gasteiger partial charge on any atom is 0.185 e. The van der Waals surface area contributed by atoms with E-state index in [1.54, 1.807) is 6.07 Å². The second-order valence-corrected chi connectivity index (χ2v) is 7.18. The molecule has 2 atom stereocenters. The summed E-state index contributed by atoms with van der Waals surface area (Å²) in [6.45, 7) is 6.14. The summed E-state index contributed by atoms with van der Waals surface area (Å²) in [7, 11) is -3.28. The largest absolute Gasteiger partial charge is 0.380 e. The molecule has 100 valence electrons. The van der Waals surface area contributed by atoms with Gasteiger partial charge in [0.15, 0.2) is 9.84 Å². The predicted octanol–water partition coefficient (Wildman–Crippen LogP) is 1.61. The molecule has 0 radical (unpaired) electrons. The molecule has 0 spiro atoms. The fourth-order valence-corrected chi connectivity index (χ4v) is 4.89. The van der Waals surface area contributed by atoms with Gasteiger partial charge in [-0.25, -0.2) is 8.42 Å². The molecule has 0 saturated carbocycles. The number of hydrogen-bond acceptors (Lipinski definition) is 4. The minimum atomic E-state index is -3.28. The molecule has 1 aromatic rings. The standard InChI is InChI=1S/C13H20N2O2S/c1-8-6-9(2)13-12(7-8)18(16,17)11(4-5-14)10(3)15-13/h6-7,10-11,15H,4-5,14H2,1-3H3. The van der Waals surface area contributed by atoms with Crippen molar-refractivity contribution in [2.75, 3.05) is 11.9 Å². The summed E-state index contributed by atoms with van der Waals surface area (Å²) in [6, 6.07) is 3.64. The molecule has 2 rings (SSSR count). The fourth-order valence-electron chi connectivity index (χ4n) is 2.66. The number of anilines is 1. The molecule has 0 saturated heterocycles. The van der Waals surface area contributed by atoms with Crippen LogP contribution in [0.15, 0.2) is 17.0 Å². The van der Waals surface area contributed by atoms with Crippen molar-refractivity contribution in [2.45, 2.75) is 43.4 Å². The van der Waals surface area contributed by atoms with Crippen LogP contribution in [0.4, 0.5) is 5.69 Å². The average molecular weight is 268 g/mol. The van der Waals surface area contributed by atoms with Crippen molar-refractivity contribution in [3.8, 4) is 0 Å². The summed E-state index contributed by atoms with van der Waals surface area (Å²) in [5, 5.41) is 2.88. The number of aryl methyl sites for hydroxylation is 2. The van der Waals surface area contributed by atoms with Gasteiger partial charge in [-0.1, -0.05) is 6.07 Å². The van der Waals surface area contributed by atoms with Gasteiger partial charge >= 0.3 is 0 Å². The third kappa shape index (κ3) is 2.01. The van der Waals surface area contributed by atoms with Crippen molar-refractivity contribution >= 4 is 15.5 Å². The number of nitrogens with two attached hydrogens (primary N) is 1. The van der Waals surface area contributed by atoms with E-state index in [2.05, 4.69) is 5.32 Å². The van der Waals surface area contributed by atoms with E-state index >= 15 is 0 Å². The minimum absolute atomic E-state index is 0.104. The van der Waals surface area contributed by atoms with E-state index in [1.165, 1.54) is 0 Å². The van der Waals surface area contributed by atoms with E-state index in [4.69, 9.17) is 5.73 Å². The van der Waals surface area contributed by atoms with E-state index in [9.17, 15) is 8.42 Å². The molecule has 1 aliphatic rings. The quantitative estimate of drug-likeness (QED) is 0.854. The van der Waals surface area contributed by atoms with Gasteiger partial charge in [-0.05, 0) is 50.9 Å². The summed E-state index contributed by atoms with van der Waals surface area (Å²) < 4.78 is 25.2. The Labute approximate surface area is 108 Å². The topological polar surface area (TPSA) is 72.2 Å². The first-order valence-electron chi connectivity index (χ1n) is 6.19. The Morgan fingerprint density at radius 3 is 2.61 bits per heavy atom. The van der Waals surface area contributed by atoms with Gasteiger partial charge in [0.2, 0.25) is 0 Å². The molecule has 1 aromatic carbocycles. The van der Waals surface area contributed by atoms with Crippen LogP contribution >= 0.6 is 0 Å². The Morgan fingerprint density at radius 2 is 2.00 bits per heavy atom. The molecule has 0 aliphatic carbocycles. The van der Waals surface area contributed by atoms with Gasteiger partial charge in [0.05, 0.1) is 15.8 Å². The number of rotatable bonds is 2. The molecule has 0 bridgehead atoms. The van der Waals surface area contributed by atoms with Crippen molar-refractivity contribution in [3.63, 3.8) is 0 Å². The lowest BCUT2D eigenvalue weighted by Gasteiger charge is -2.33. The molecule has 4 nitrogen and oxygen atoms in total. The Kier molecular flexibility index (Phi) is 3.38. The van der Waals surface area contributed by atoms with E-state index in [1.807, 2.05) is 26.8 Å². The van der Waals surface area contributed by atoms with Gasteiger partial charge in [-0.15, -0.1) is 0 Å². The van der Waals surface area contributed by atoms with Crippen LogP contribution in [0, 0.1) is 13.8 Å². The average Bonchev–Trinajstić information content (AvgIpc) is 2.26. The first-order chi connectivity index (χ1) is 8.37. The van der Waals surface area contributed by atoms with Crippen molar-refractivity contribution in [1.82, 2.24) is 0 Å². The Hall–Kier alpha value is -1.07. The molecule has 1 aliphatic heterocycles. The highest BCUT2D eigenvalue weighted by Crippen LogP contribution is 2.36. The summed E-state index contributed by atoms with van der Waals surface area (Å²) in [4.78, 5) is 0.427. The zero-order chi connectivity index (χ0) is 13.5. The van der Waals surface area contributed by atoms with Crippen LogP contribution in [0.5, 0.6) is 0 Å². The van der Waals surface area contributed by atoms with E-state index in [0.717, 1.165) is 16.8 Å². The number of benzene rings is 1. The third-order valence-corrected chi connectivity index (χ3v) is 5.91. The number of fused-ring (bicyclic) bond motifs is 1. The summed E-state index contributed by atoms with van der Waals surface area (Å²) in [5.74, 6) is 0. The maximum absolute atomic E-state index is 12.6. The Bertz CT molecular complexity index is 567. The maximum atomic E-state index is 12.6. The number of nitrogens with one attached hydrogen (secondary N) is 1.